The molecule has 1 aromatic heterocycles. The van der Waals surface area contributed by atoms with Crippen LogP contribution in [-0.2, 0) is 14.4 Å². The second-order valence-electron chi connectivity index (χ2n) is 9.64. The number of fused-ring (bicyclic) bond motifs is 9. The van der Waals surface area contributed by atoms with Crippen LogP contribution in [-0.4, -0.2) is 44.6 Å². The standard InChI is InChI=1S/C24H24N2O4S3/c1-10-5-2-3-6-11(10)15-16-12-9-13(19(16)32-21-20(15)33-24(31)25-21)18-17(12)22(29)26(23(18)30)8-4-7-14(27)28/h2-3,5-6,12-13,15-19H,4,7-9H2,1H3,(H,25,31)(H,27,28). The highest BCUT2D eigenvalue weighted by Crippen LogP contribution is 2.68. The van der Waals surface area contributed by atoms with Gasteiger partial charge < -0.3 is 10.1 Å². The van der Waals surface area contributed by atoms with E-state index in [9.17, 15) is 14.4 Å². The molecule has 2 aromatic rings. The van der Waals surface area contributed by atoms with E-state index < -0.39 is 5.97 Å². The first-order valence-electron chi connectivity index (χ1n) is 11.4. The smallest absolute Gasteiger partial charge is 0.303 e. The Balaban J connectivity index is 1.39. The number of thioether (sulfide) groups is 1. The number of aromatic amines is 1. The largest absolute Gasteiger partial charge is 0.481 e. The lowest BCUT2D eigenvalue weighted by molar-refractivity contribution is -0.142. The third kappa shape index (κ3) is 3.12. The van der Waals surface area contributed by atoms with Gasteiger partial charge in [-0.3, -0.25) is 19.3 Å². The average Bonchev–Trinajstić information content (AvgIpc) is 3.49. The van der Waals surface area contributed by atoms with Crippen molar-refractivity contribution in [2.45, 2.75) is 42.4 Å². The monoisotopic (exact) mass is 500 g/mol. The van der Waals surface area contributed by atoms with Crippen LogP contribution in [0.2, 0.25) is 0 Å². The first kappa shape index (κ1) is 21.6. The second-order valence-corrected chi connectivity index (χ2v) is 12.5. The van der Waals surface area contributed by atoms with Crippen LogP contribution in [0.1, 0.15) is 41.2 Å². The summed E-state index contributed by atoms with van der Waals surface area (Å²) >= 11 is 8.97. The predicted octanol–water partition coefficient (Wildman–Crippen LogP) is 4.45. The highest BCUT2D eigenvalue weighted by atomic mass is 32.2. The van der Waals surface area contributed by atoms with Crippen molar-refractivity contribution in [3.63, 3.8) is 0 Å². The molecule has 3 heterocycles. The molecule has 33 heavy (non-hydrogen) atoms. The molecule has 7 atom stereocenters. The van der Waals surface area contributed by atoms with E-state index in [1.54, 1.807) is 11.3 Å². The SMILES string of the molecule is Cc1ccccc1C1c2sc(=S)[nH]c2SC2C3CC(C4C(=O)N(CCCC(=O)O)C(=O)C34)C12. The molecule has 2 amide bonds. The fourth-order valence-corrected chi connectivity index (χ4v) is 10.3. The minimum atomic E-state index is -0.902. The van der Waals surface area contributed by atoms with Gasteiger partial charge >= 0.3 is 5.97 Å². The molecule has 0 radical (unpaired) electrons. The van der Waals surface area contributed by atoms with Crippen molar-refractivity contribution in [1.29, 1.82) is 0 Å². The van der Waals surface area contributed by atoms with Crippen molar-refractivity contribution >= 4 is 53.1 Å². The summed E-state index contributed by atoms with van der Waals surface area (Å²) in [5.74, 6) is -0.820. The Kier molecular flexibility index (Phi) is 5.08. The number of aliphatic carboxylic acids is 1. The molecule has 3 fully saturated rings. The Morgan fingerprint density at radius 1 is 1.21 bits per heavy atom. The Bertz CT molecular complexity index is 1240. The van der Waals surface area contributed by atoms with E-state index in [2.05, 4.69) is 36.2 Å². The van der Waals surface area contributed by atoms with Gasteiger partial charge in [-0.15, -0.1) is 23.1 Å². The lowest BCUT2D eigenvalue weighted by atomic mass is 9.67. The van der Waals surface area contributed by atoms with Gasteiger partial charge in [0.1, 0.15) is 0 Å². The fraction of sp³-hybridized carbons (Fsp3) is 0.500. The number of benzene rings is 1. The van der Waals surface area contributed by atoms with Crippen LogP contribution in [0.5, 0.6) is 0 Å². The first-order chi connectivity index (χ1) is 15.9. The Labute approximate surface area is 204 Å². The number of H-pyrrole nitrogens is 1. The number of nitrogens with zero attached hydrogens (tertiary/aromatic N) is 1. The number of imide groups is 1. The van der Waals surface area contributed by atoms with E-state index in [1.807, 2.05) is 11.8 Å². The quantitative estimate of drug-likeness (QED) is 0.466. The third-order valence-corrected chi connectivity index (χ3v) is 11.1. The minimum Gasteiger partial charge on any atom is -0.481 e. The number of hydrogen-bond acceptors (Lipinski definition) is 6. The normalized spacial score (nSPS) is 33.8. The minimum absolute atomic E-state index is 0.0326. The van der Waals surface area contributed by atoms with Gasteiger partial charge in [0.25, 0.3) is 0 Å². The van der Waals surface area contributed by atoms with Gasteiger partial charge in [-0.2, -0.15) is 0 Å². The molecule has 2 bridgehead atoms. The Morgan fingerprint density at radius 2 is 1.94 bits per heavy atom. The number of amides is 2. The van der Waals surface area contributed by atoms with Crippen molar-refractivity contribution in [1.82, 2.24) is 9.88 Å². The van der Waals surface area contributed by atoms with Crippen LogP contribution in [0.4, 0.5) is 0 Å². The van der Waals surface area contributed by atoms with Crippen LogP contribution in [0.15, 0.2) is 29.3 Å². The van der Waals surface area contributed by atoms with E-state index >= 15 is 0 Å². The maximum absolute atomic E-state index is 13.4. The molecule has 6 rings (SSSR count). The maximum Gasteiger partial charge on any atom is 0.303 e. The summed E-state index contributed by atoms with van der Waals surface area (Å²) in [6.07, 6.45) is 1.19. The molecular formula is C24H24N2O4S3. The molecule has 7 unspecified atom stereocenters. The summed E-state index contributed by atoms with van der Waals surface area (Å²) in [6, 6.07) is 8.47. The van der Waals surface area contributed by atoms with Gasteiger partial charge in [-0.1, -0.05) is 24.3 Å². The topological polar surface area (TPSA) is 90.5 Å². The molecule has 2 saturated carbocycles. The van der Waals surface area contributed by atoms with Crippen molar-refractivity contribution in [2.75, 3.05) is 6.54 Å². The number of carboxylic acid groups (broad SMARTS) is 1. The summed E-state index contributed by atoms with van der Waals surface area (Å²) in [5, 5.41) is 10.4. The summed E-state index contributed by atoms with van der Waals surface area (Å²) in [7, 11) is 0. The van der Waals surface area contributed by atoms with Crippen molar-refractivity contribution < 1.29 is 19.5 Å². The van der Waals surface area contributed by atoms with Crippen LogP contribution in [0.3, 0.4) is 0 Å². The first-order valence-corrected chi connectivity index (χ1v) is 13.5. The lowest BCUT2D eigenvalue weighted by Crippen LogP contribution is -2.42. The van der Waals surface area contributed by atoms with Gasteiger partial charge in [0.15, 0.2) is 3.95 Å². The zero-order chi connectivity index (χ0) is 23.0. The summed E-state index contributed by atoms with van der Waals surface area (Å²) in [6.45, 7) is 2.35. The number of rotatable bonds is 5. The average molecular weight is 501 g/mol. The Hall–Kier alpha value is -1.97. The van der Waals surface area contributed by atoms with E-state index in [0.717, 1.165) is 15.4 Å². The van der Waals surface area contributed by atoms with Crippen molar-refractivity contribution in [3.8, 4) is 0 Å². The molecule has 2 aliphatic carbocycles. The molecule has 4 aliphatic rings. The summed E-state index contributed by atoms with van der Waals surface area (Å²) in [5.41, 5.74) is 2.53. The van der Waals surface area contributed by atoms with E-state index in [0.29, 0.717) is 6.42 Å². The van der Waals surface area contributed by atoms with Crippen LogP contribution in [0.25, 0.3) is 0 Å². The van der Waals surface area contributed by atoms with Crippen molar-refractivity contribution in [3.05, 3.63) is 44.2 Å². The predicted molar refractivity (Wildman–Crippen MR) is 128 cm³/mol. The third-order valence-electron chi connectivity index (χ3n) is 8.11. The van der Waals surface area contributed by atoms with E-state index in [-0.39, 0.29) is 65.5 Å². The number of likely N-dealkylation sites (tertiary alicyclic amines) is 1. The number of aromatic nitrogens is 1. The van der Waals surface area contributed by atoms with E-state index in [4.69, 9.17) is 17.3 Å². The molecular weight excluding hydrogens is 476 g/mol. The van der Waals surface area contributed by atoms with Gasteiger partial charge in [0, 0.05) is 29.0 Å². The van der Waals surface area contributed by atoms with E-state index in [1.165, 1.54) is 20.9 Å². The zero-order valence-electron chi connectivity index (χ0n) is 18.0. The number of carbonyl (C=O) groups excluding carboxylic acids is 2. The maximum atomic E-state index is 13.4. The molecule has 0 spiro atoms. The van der Waals surface area contributed by atoms with Gasteiger partial charge in [0.05, 0.1) is 16.9 Å². The molecule has 2 N–H and O–H groups in total. The molecule has 1 aromatic carbocycles. The number of carboxylic acids is 1. The number of thiazole rings is 1. The van der Waals surface area contributed by atoms with Crippen LogP contribution >= 0.6 is 35.3 Å². The molecule has 2 aliphatic heterocycles. The second kappa shape index (κ2) is 7.78. The molecule has 1 saturated heterocycles. The summed E-state index contributed by atoms with van der Waals surface area (Å²) < 4.78 is 0.773. The van der Waals surface area contributed by atoms with Gasteiger partial charge in [-0.05, 0) is 60.9 Å². The molecule has 6 nitrogen and oxygen atoms in total. The number of nitrogens with one attached hydrogen (secondary N) is 1. The zero-order valence-corrected chi connectivity index (χ0v) is 20.5. The number of carbonyl (C=O) groups is 3. The summed E-state index contributed by atoms with van der Waals surface area (Å²) in [4.78, 5) is 43.7. The van der Waals surface area contributed by atoms with Crippen molar-refractivity contribution in [2.24, 2.45) is 29.6 Å². The highest BCUT2D eigenvalue weighted by molar-refractivity contribution is 8.00. The van der Waals surface area contributed by atoms with Crippen LogP contribution in [0, 0.1) is 40.5 Å². The van der Waals surface area contributed by atoms with Crippen LogP contribution < -0.4 is 0 Å². The fourth-order valence-electron chi connectivity index (χ4n) is 6.97. The van der Waals surface area contributed by atoms with Gasteiger partial charge in [0.2, 0.25) is 11.8 Å². The number of aryl methyl sites for hydroxylation is 1. The molecule has 172 valence electrons. The van der Waals surface area contributed by atoms with Gasteiger partial charge in [-0.25, -0.2) is 0 Å². The Morgan fingerprint density at radius 3 is 2.67 bits per heavy atom. The number of hydrogen-bond donors (Lipinski definition) is 2. The lowest BCUT2D eigenvalue weighted by Gasteiger charge is -2.43. The molecule has 9 heteroatoms. The highest BCUT2D eigenvalue weighted by Gasteiger charge is 2.69.